The highest BCUT2D eigenvalue weighted by Gasteiger charge is 2.06. The summed E-state index contributed by atoms with van der Waals surface area (Å²) in [6, 6.07) is 20.6. The van der Waals surface area contributed by atoms with Gasteiger partial charge in [-0.3, -0.25) is 4.84 Å². The highest BCUT2D eigenvalue weighted by atomic mass is 16.7. The molecule has 0 saturated carbocycles. The van der Waals surface area contributed by atoms with Crippen molar-refractivity contribution in [1.82, 2.24) is 5.06 Å². The van der Waals surface area contributed by atoms with Crippen molar-refractivity contribution in [2.75, 3.05) is 6.61 Å². The second-order valence-electron chi connectivity index (χ2n) is 4.10. The normalized spacial score (nSPS) is 10.8. The molecule has 0 saturated heterocycles. The van der Waals surface area contributed by atoms with Gasteiger partial charge in [0.05, 0.1) is 6.61 Å². The smallest absolute Gasteiger partial charge is 0.0686 e. The van der Waals surface area contributed by atoms with Crippen LogP contribution in [0.2, 0.25) is 0 Å². The maximum atomic E-state index is 5.57. The van der Waals surface area contributed by atoms with Crippen molar-refractivity contribution in [3.05, 3.63) is 78.7 Å². The van der Waals surface area contributed by atoms with Crippen LogP contribution >= 0.6 is 0 Å². The van der Waals surface area contributed by atoms with E-state index in [1.807, 2.05) is 41.5 Å². The summed E-state index contributed by atoms with van der Waals surface area (Å²) >= 11 is 0. The van der Waals surface area contributed by atoms with Crippen molar-refractivity contribution in [1.29, 1.82) is 0 Å². The van der Waals surface area contributed by atoms with E-state index in [2.05, 4.69) is 31.2 Å². The fourth-order valence-electron chi connectivity index (χ4n) is 1.85. The van der Waals surface area contributed by atoms with Gasteiger partial charge in [-0.15, -0.1) is 0 Å². The van der Waals surface area contributed by atoms with Gasteiger partial charge >= 0.3 is 0 Å². The summed E-state index contributed by atoms with van der Waals surface area (Å²) in [6.45, 7) is 5.73. The van der Waals surface area contributed by atoms with Gasteiger partial charge in [-0.05, 0) is 18.1 Å². The first-order chi connectivity index (χ1) is 8.88. The molecular formula is C16H18NO. The first-order valence-electron chi connectivity index (χ1n) is 6.13. The summed E-state index contributed by atoms with van der Waals surface area (Å²) in [7, 11) is 0. The summed E-state index contributed by atoms with van der Waals surface area (Å²) in [4.78, 5) is 5.57. The van der Waals surface area contributed by atoms with E-state index in [-0.39, 0.29) is 0 Å². The van der Waals surface area contributed by atoms with Gasteiger partial charge in [-0.1, -0.05) is 60.7 Å². The fourth-order valence-corrected chi connectivity index (χ4v) is 1.85. The predicted octanol–water partition coefficient (Wildman–Crippen LogP) is 3.45. The molecule has 0 spiro atoms. The molecule has 0 aliphatic carbocycles. The minimum absolute atomic E-state index is 0.444. The topological polar surface area (TPSA) is 12.5 Å². The van der Waals surface area contributed by atoms with Gasteiger partial charge in [0.2, 0.25) is 0 Å². The lowest BCUT2D eigenvalue weighted by molar-refractivity contribution is -0.164. The molecule has 0 amide bonds. The molecule has 0 aliphatic heterocycles. The van der Waals surface area contributed by atoms with Gasteiger partial charge in [-0.2, -0.15) is 5.06 Å². The molecule has 0 bridgehead atoms. The second kappa shape index (κ2) is 6.94. The van der Waals surface area contributed by atoms with Crippen LogP contribution < -0.4 is 0 Å². The van der Waals surface area contributed by atoms with E-state index >= 15 is 0 Å². The van der Waals surface area contributed by atoms with Crippen LogP contribution in [0, 0.1) is 6.92 Å². The van der Waals surface area contributed by atoms with Crippen LogP contribution in [0.1, 0.15) is 11.1 Å². The lowest BCUT2D eigenvalue weighted by atomic mass is 10.2. The van der Waals surface area contributed by atoms with Crippen molar-refractivity contribution in [3.8, 4) is 0 Å². The zero-order valence-electron chi connectivity index (χ0n) is 10.5. The Morgan fingerprint density at radius 3 is 1.61 bits per heavy atom. The maximum Gasteiger partial charge on any atom is 0.0686 e. The standard InChI is InChI=1S/C16H18NO/c1-2-18-17(13-15-9-5-3-6-10-15)14-16-11-7-4-8-12-16/h3-12H,1-2,13-14H2. The Hall–Kier alpha value is -1.64. The van der Waals surface area contributed by atoms with Gasteiger partial charge in [0.15, 0.2) is 0 Å². The van der Waals surface area contributed by atoms with E-state index in [4.69, 9.17) is 4.84 Å². The average molecular weight is 240 g/mol. The molecule has 0 unspecified atom stereocenters. The average Bonchev–Trinajstić information content (AvgIpc) is 2.41. The Labute approximate surface area is 109 Å². The molecule has 0 aliphatic rings. The minimum atomic E-state index is 0.444. The highest BCUT2D eigenvalue weighted by molar-refractivity contribution is 5.16. The minimum Gasteiger partial charge on any atom is -0.298 e. The van der Waals surface area contributed by atoms with E-state index in [0.717, 1.165) is 13.1 Å². The Balaban J connectivity index is 2.00. The third kappa shape index (κ3) is 3.99. The van der Waals surface area contributed by atoms with Crippen LogP contribution in [0.3, 0.4) is 0 Å². The highest BCUT2D eigenvalue weighted by Crippen LogP contribution is 2.10. The number of hydroxylamine groups is 2. The van der Waals surface area contributed by atoms with E-state index in [1.165, 1.54) is 11.1 Å². The van der Waals surface area contributed by atoms with Gasteiger partial charge in [0.25, 0.3) is 0 Å². The molecule has 2 aromatic rings. The van der Waals surface area contributed by atoms with Crippen LogP contribution in [0.15, 0.2) is 60.7 Å². The molecule has 2 rings (SSSR count). The van der Waals surface area contributed by atoms with Crippen molar-refractivity contribution in [2.24, 2.45) is 0 Å². The third-order valence-electron chi connectivity index (χ3n) is 2.68. The molecule has 93 valence electrons. The molecule has 0 fully saturated rings. The number of benzene rings is 2. The number of hydrogen-bond acceptors (Lipinski definition) is 2. The van der Waals surface area contributed by atoms with E-state index < -0.39 is 0 Å². The Kier molecular flexibility index (Phi) is 4.94. The summed E-state index contributed by atoms with van der Waals surface area (Å²) < 4.78 is 0. The van der Waals surface area contributed by atoms with Crippen LogP contribution in [0.5, 0.6) is 0 Å². The van der Waals surface area contributed by atoms with Gasteiger partial charge < -0.3 is 0 Å². The second-order valence-corrected chi connectivity index (χ2v) is 4.10. The van der Waals surface area contributed by atoms with Gasteiger partial charge in [-0.25, -0.2) is 0 Å². The van der Waals surface area contributed by atoms with Crippen LogP contribution in [-0.2, 0) is 17.9 Å². The number of nitrogens with zero attached hydrogens (tertiary/aromatic N) is 1. The zero-order chi connectivity index (χ0) is 12.6. The van der Waals surface area contributed by atoms with E-state index in [9.17, 15) is 0 Å². The van der Waals surface area contributed by atoms with Gasteiger partial charge in [0.1, 0.15) is 0 Å². The molecule has 2 aromatic carbocycles. The van der Waals surface area contributed by atoms with Gasteiger partial charge in [0, 0.05) is 13.1 Å². The molecule has 0 N–H and O–H groups in total. The van der Waals surface area contributed by atoms with E-state index in [0.29, 0.717) is 6.61 Å². The molecule has 18 heavy (non-hydrogen) atoms. The summed E-state index contributed by atoms with van der Waals surface area (Å²) in [5.41, 5.74) is 2.48. The zero-order valence-corrected chi connectivity index (χ0v) is 10.5. The Bertz CT molecular complexity index is 400. The van der Waals surface area contributed by atoms with Crippen molar-refractivity contribution in [3.63, 3.8) is 0 Å². The predicted molar refractivity (Wildman–Crippen MR) is 73.4 cm³/mol. The fraction of sp³-hybridized carbons (Fsp3) is 0.188. The van der Waals surface area contributed by atoms with Crippen LogP contribution in [-0.4, -0.2) is 11.7 Å². The van der Waals surface area contributed by atoms with Crippen LogP contribution in [0.25, 0.3) is 0 Å². The lowest BCUT2D eigenvalue weighted by Crippen LogP contribution is -2.23. The first-order valence-corrected chi connectivity index (χ1v) is 6.13. The quantitative estimate of drug-likeness (QED) is 0.717. The lowest BCUT2D eigenvalue weighted by Gasteiger charge is -2.21. The monoisotopic (exact) mass is 240 g/mol. The largest absolute Gasteiger partial charge is 0.298 e. The van der Waals surface area contributed by atoms with Crippen LogP contribution in [0.4, 0.5) is 0 Å². The number of hydrogen-bond donors (Lipinski definition) is 0. The van der Waals surface area contributed by atoms with Crippen molar-refractivity contribution >= 4 is 0 Å². The molecule has 0 aromatic heterocycles. The molecule has 0 atom stereocenters. The number of rotatable bonds is 6. The van der Waals surface area contributed by atoms with Crippen molar-refractivity contribution < 1.29 is 4.84 Å². The third-order valence-corrected chi connectivity index (χ3v) is 2.68. The molecule has 2 nitrogen and oxygen atoms in total. The summed E-state index contributed by atoms with van der Waals surface area (Å²) in [5, 5.41) is 1.94. The summed E-state index contributed by atoms with van der Waals surface area (Å²) in [5.74, 6) is 0. The maximum absolute atomic E-state index is 5.57. The SMILES string of the molecule is [CH2]CON(Cc1ccccc1)Cc1ccccc1. The molecular weight excluding hydrogens is 222 g/mol. The molecule has 2 heteroatoms. The first kappa shape index (κ1) is 12.8. The Morgan fingerprint density at radius 2 is 1.22 bits per heavy atom. The van der Waals surface area contributed by atoms with Crippen molar-refractivity contribution in [2.45, 2.75) is 13.1 Å². The van der Waals surface area contributed by atoms with E-state index in [1.54, 1.807) is 0 Å². The molecule has 0 heterocycles. The Morgan fingerprint density at radius 1 is 0.778 bits per heavy atom. The molecule has 1 radical (unpaired) electrons. The summed E-state index contributed by atoms with van der Waals surface area (Å²) in [6.07, 6.45) is 0.